The van der Waals surface area contributed by atoms with Gasteiger partial charge in [-0.05, 0) is 24.6 Å². The number of benzene rings is 2. The Morgan fingerprint density at radius 3 is 2.47 bits per heavy atom. The van der Waals surface area contributed by atoms with E-state index < -0.39 is 0 Å². The number of nitrogens with zero attached hydrogens (tertiary/aromatic N) is 4. The van der Waals surface area contributed by atoms with Crippen LogP contribution in [-0.2, 0) is 6.42 Å². The zero-order valence-electron chi connectivity index (χ0n) is 19.8. The lowest BCUT2D eigenvalue weighted by atomic mass is 10.1. The third kappa shape index (κ3) is 5.51. The first-order valence-electron chi connectivity index (χ1n) is 11.0. The van der Waals surface area contributed by atoms with Gasteiger partial charge >= 0.3 is 6.03 Å². The summed E-state index contributed by atoms with van der Waals surface area (Å²) in [5.74, 6) is 2.85. The number of amides is 2. The van der Waals surface area contributed by atoms with Gasteiger partial charge in [-0.3, -0.25) is 0 Å². The first-order chi connectivity index (χ1) is 16.5. The van der Waals surface area contributed by atoms with Crippen molar-refractivity contribution >= 4 is 28.4 Å². The molecule has 0 spiro atoms. The molecule has 1 unspecified atom stereocenters. The number of nitrogens with one attached hydrogen (secondary N) is 1. The maximum Gasteiger partial charge on any atom is 0.322 e. The molecule has 0 saturated carbocycles. The number of hydrogen-bond donors (Lipinski definition) is 1. The summed E-state index contributed by atoms with van der Waals surface area (Å²) in [6.07, 6.45) is 0.648. The third-order valence-electron chi connectivity index (χ3n) is 5.72. The van der Waals surface area contributed by atoms with Crippen molar-refractivity contribution in [3.05, 3.63) is 53.9 Å². The number of rotatable bonds is 7. The predicted molar refractivity (Wildman–Crippen MR) is 133 cm³/mol. The van der Waals surface area contributed by atoms with Gasteiger partial charge in [0, 0.05) is 67.5 Å². The fraction of sp³-hybridized carbons (Fsp3) is 0.375. The molecule has 1 aliphatic heterocycles. The fourth-order valence-electron chi connectivity index (χ4n) is 3.92. The van der Waals surface area contributed by atoms with Crippen LogP contribution in [0.4, 0.5) is 15.6 Å². The van der Waals surface area contributed by atoms with Crippen LogP contribution in [0.5, 0.6) is 17.2 Å². The van der Waals surface area contributed by atoms with Gasteiger partial charge in [-0.1, -0.05) is 12.1 Å². The SMILES string of the molecule is COc1cccc(Cc2nsc(N3CCN(C(=O)Nc4cc(OC)cc(OC)c4)C(C)C3)n2)c1. The Morgan fingerprint density at radius 1 is 1.06 bits per heavy atom. The molecule has 34 heavy (non-hydrogen) atoms. The predicted octanol–water partition coefficient (Wildman–Crippen LogP) is 3.90. The van der Waals surface area contributed by atoms with Crippen molar-refractivity contribution in [1.29, 1.82) is 0 Å². The lowest BCUT2D eigenvalue weighted by molar-refractivity contribution is 0.185. The molecule has 9 nitrogen and oxygen atoms in total. The second kappa shape index (κ2) is 10.6. The number of hydrogen-bond acceptors (Lipinski definition) is 8. The summed E-state index contributed by atoms with van der Waals surface area (Å²) < 4.78 is 20.4. The molecule has 3 aromatic rings. The van der Waals surface area contributed by atoms with Crippen LogP contribution in [0.2, 0.25) is 0 Å². The van der Waals surface area contributed by atoms with E-state index in [9.17, 15) is 4.79 Å². The number of urea groups is 1. The smallest absolute Gasteiger partial charge is 0.322 e. The monoisotopic (exact) mass is 483 g/mol. The standard InChI is InChI=1S/C24H29N5O4S/c1-16-15-28(24-26-22(27-34-24)11-17-6-5-7-19(10-17)31-2)8-9-29(16)23(30)25-18-12-20(32-3)14-21(13-18)33-4/h5-7,10,12-14,16H,8-9,11,15H2,1-4H3,(H,25,30). The van der Waals surface area contributed by atoms with Crippen molar-refractivity contribution in [2.24, 2.45) is 0 Å². The average Bonchev–Trinajstić information content (AvgIpc) is 3.32. The van der Waals surface area contributed by atoms with Gasteiger partial charge in [0.25, 0.3) is 0 Å². The number of piperazine rings is 1. The molecule has 1 fully saturated rings. The van der Waals surface area contributed by atoms with E-state index in [1.807, 2.05) is 36.1 Å². The van der Waals surface area contributed by atoms with E-state index in [0.717, 1.165) is 22.3 Å². The molecular weight excluding hydrogens is 454 g/mol. The first kappa shape index (κ1) is 23.6. The quantitative estimate of drug-likeness (QED) is 0.545. The highest BCUT2D eigenvalue weighted by molar-refractivity contribution is 7.09. The minimum absolute atomic E-state index is 0.00647. The maximum atomic E-state index is 13.0. The molecule has 0 radical (unpaired) electrons. The molecule has 1 N–H and O–H groups in total. The van der Waals surface area contributed by atoms with Crippen LogP contribution in [0.15, 0.2) is 42.5 Å². The van der Waals surface area contributed by atoms with E-state index in [4.69, 9.17) is 19.2 Å². The topological polar surface area (TPSA) is 89.1 Å². The summed E-state index contributed by atoms with van der Waals surface area (Å²) in [6, 6.07) is 13.1. The number of ether oxygens (including phenoxy) is 3. The summed E-state index contributed by atoms with van der Waals surface area (Å²) >= 11 is 1.39. The number of carbonyl (C=O) groups excluding carboxylic acids is 1. The van der Waals surface area contributed by atoms with Gasteiger partial charge in [-0.2, -0.15) is 4.37 Å². The molecular formula is C24H29N5O4S. The number of aromatic nitrogens is 2. The van der Waals surface area contributed by atoms with E-state index in [1.165, 1.54) is 11.5 Å². The van der Waals surface area contributed by atoms with E-state index in [0.29, 0.717) is 43.2 Å². The summed E-state index contributed by atoms with van der Waals surface area (Å²) in [4.78, 5) is 21.7. The maximum absolute atomic E-state index is 13.0. The summed E-state index contributed by atoms with van der Waals surface area (Å²) in [7, 11) is 4.82. The molecule has 0 aliphatic carbocycles. The lowest BCUT2D eigenvalue weighted by Crippen LogP contribution is -2.55. The highest BCUT2D eigenvalue weighted by Gasteiger charge is 2.29. The van der Waals surface area contributed by atoms with Crippen LogP contribution in [0.25, 0.3) is 0 Å². The Bertz CT molecular complexity index is 1120. The second-order valence-electron chi connectivity index (χ2n) is 8.04. The molecule has 2 amide bonds. The van der Waals surface area contributed by atoms with Crippen molar-refractivity contribution in [2.45, 2.75) is 19.4 Å². The zero-order chi connectivity index (χ0) is 24.1. The molecule has 0 bridgehead atoms. The highest BCUT2D eigenvalue weighted by Crippen LogP contribution is 2.27. The third-order valence-corrected chi connectivity index (χ3v) is 6.53. The lowest BCUT2D eigenvalue weighted by Gasteiger charge is -2.39. The number of anilines is 2. The fourth-order valence-corrected chi connectivity index (χ4v) is 4.64. The van der Waals surface area contributed by atoms with Crippen LogP contribution in [0.1, 0.15) is 18.3 Å². The van der Waals surface area contributed by atoms with E-state index in [1.54, 1.807) is 39.5 Å². The molecule has 1 aliphatic rings. The number of methoxy groups -OCH3 is 3. The van der Waals surface area contributed by atoms with Crippen LogP contribution in [-0.4, -0.2) is 67.3 Å². The molecule has 10 heteroatoms. The van der Waals surface area contributed by atoms with Gasteiger partial charge in [0.2, 0.25) is 5.13 Å². The molecule has 2 heterocycles. The molecule has 1 aromatic heterocycles. The van der Waals surface area contributed by atoms with Gasteiger partial charge in [0.05, 0.1) is 21.3 Å². The Labute approximate surface area is 203 Å². The van der Waals surface area contributed by atoms with Crippen LogP contribution >= 0.6 is 11.5 Å². The van der Waals surface area contributed by atoms with Gasteiger partial charge in [0.1, 0.15) is 23.1 Å². The highest BCUT2D eigenvalue weighted by atomic mass is 32.1. The van der Waals surface area contributed by atoms with Gasteiger partial charge in [-0.25, -0.2) is 9.78 Å². The molecule has 4 rings (SSSR count). The Kier molecular flexibility index (Phi) is 7.36. The average molecular weight is 484 g/mol. The Hall–Kier alpha value is -3.53. The van der Waals surface area contributed by atoms with Crippen molar-refractivity contribution in [3.8, 4) is 17.2 Å². The van der Waals surface area contributed by atoms with Crippen molar-refractivity contribution in [3.63, 3.8) is 0 Å². The molecule has 1 atom stereocenters. The van der Waals surface area contributed by atoms with Crippen LogP contribution in [0.3, 0.4) is 0 Å². The normalized spacial score (nSPS) is 15.7. The van der Waals surface area contributed by atoms with Crippen molar-refractivity contribution in [2.75, 3.05) is 51.2 Å². The van der Waals surface area contributed by atoms with Crippen molar-refractivity contribution < 1.29 is 19.0 Å². The van der Waals surface area contributed by atoms with E-state index in [-0.39, 0.29) is 12.1 Å². The molecule has 1 saturated heterocycles. The Morgan fingerprint density at radius 2 is 1.79 bits per heavy atom. The largest absolute Gasteiger partial charge is 0.497 e. The first-order valence-corrected chi connectivity index (χ1v) is 11.8. The van der Waals surface area contributed by atoms with Gasteiger partial charge < -0.3 is 29.3 Å². The van der Waals surface area contributed by atoms with E-state index in [2.05, 4.69) is 14.6 Å². The summed E-state index contributed by atoms with van der Waals surface area (Å²) in [5.41, 5.74) is 1.73. The minimum Gasteiger partial charge on any atom is -0.497 e. The van der Waals surface area contributed by atoms with E-state index >= 15 is 0 Å². The number of carbonyl (C=O) groups is 1. The minimum atomic E-state index is -0.154. The summed E-state index contributed by atoms with van der Waals surface area (Å²) in [5, 5.41) is 3.84. The van der Waals surface area contributed by atoms with Crippen LogP contribution in [0, 0.1) is 0 Å². The Balaban J connectivity index is 1.36. The second-order valence-corrected chi connectivity index (χ2v) is 8.77. The van der Waals surface area contributed by atoms with Crippen molar-refractivity contribution in [1.82, 2.24) is 14.3 Å². The zero-order valence-corrected chi connectivity index (χ0v) is 20.6. The van der Waals surface area contributed by atoms with Crippen LogP contribution < -0.4 is 24.4 Å². The van der Waals surface area contributed by atoms with Gasteiger partial charge in [0.15, 0.2) is 0 Å². The van der Waals surface area contributed by atoms with Gasteiger partial charge in [-0.15, -0.1) is 0 Å². The summed E-state index contributed by atoms with van der Waals surface area (Å²) in [6.45, 7) is 3.99. The molecule has 180 valence electrons. The molecule has 2 aromatic carbocycles.